The van der Waals surface area contributed by atoms with Crippen LogP contribution in [0.25, 0.3) is 0 Å². The molecule has 0 spiro atoms. The van der Waals surface area contributed by atoms with Gasteiger partial charge >= 0.3 is 12.1 Å². The summed E-state index contributed by atoms with van der Waals surface area (Å²) in [6, 6.07) is 0. The minimum Gasteiger partial charge on any atom is -0.480 e. The van der Waals surface area contributed by atoms with Crippen LogP contribution in [0.3, 0.4) is 0 Å². The Morgan fingerprint density at radius 2 is 2.25 bits per heavy atom. The maximum atomic E-state index is 11.3. The summed E-state index contributed by atoms with van der Waals surface area (Å²) in [6.45, 7) is 3.94. The van der Waals surface area contributed by atoms with Crippen molar-refractivity contribution >= 4 is 12.1 Å². The van der Waals surface area contributed by atoms with Crippen molar-refractivity contribution in [3.05, 3.63) is 0 Å². The number of nitrogens with one attached hydrogen (secondary N) is 1. The third-order valence-electron chi connectivity index (χ3n) is 3.02. The summed E-state index contributed by atoms with van der Waals surface area (Å²) in [5.41, 5.74) is -1.13. The lowest BCUT2D eigenvalue weighted by Crippen LogP contribution is -2.56. The summed E-state index contributed by atoms with van der Waals surface area (Å²) in [5.74, 6) is -0.654. The lowest BCUT2D eigenvalue weighted by Gasteiger charge is -2.36. The molecule has 2 unspecified atom stereocenters. The Balaban J connectivity index is 2.72. The number of carboxylic acids is 1. The Labute approximate surface area is 95.2 Å². The minimum absolute atomic E-state index is 0.247. The number of ether oxygens (including phenoxy) is 1. The fourth-order valence-electron chi connectivity index (χ4n) is 2.28. The van der Waals surface area contributed by atoms with Crippen LogP contribution in [-0.4, -0.2) is 29.3 Å². The number of hydrogen-bond donors (Lipinski definition) is 2. The van der Waals surface area contributed by atoms with Crippen molar-refractivity contribution < 1.29 is 19.4 Å². The average molecular weight is 229 g/mol. The highest BCUT2D eigenvalue weighted by Gasteiger charge is 2.43. The van der Waals surface area contributed by atoms with Gasteiger partial charge in [0.25, 0.3) is 0 Å². The van der Waals surface area contributed by atoms with Crippen molar-refractivity contribution in [2.75, 3.05) is 6.61 Å². The highest BCUT2D eigenvalue weighted by Crippen LogP contribution is 2.32. The average Bonchev–Trinajstić information content (AvgIpc) is 2.17. The van der Waals surface area contributed by atoms with Crippen LogP contribution in [0.1, 0.15) is 39.5 Å². The first-order chi connectivity index (χ1) is 7.50. The van der Waals surface area contributed by atoms with Crippen molar-refractivity contribution in [2.24, 2.45) is 5.92 Å². The summed E-state index contributed by atoms with van der Waals surface area (Å²) in [4.78, 5) is 22.6. The molecule has 0 saturated heterocycles. The summed E-state index contributed by atoms with van der Waals surface area (Å²) >= 11 is 0. The normalized spacial score (nSPS) is 29.5. The van der Waals surface area contributed by atoms with Gasteiger partial charge in [-0.05, 0) is 25.7 Å². The highest BCUT2D eigenvalue weighted by molar-refractivity contribution is 5.84. The zero-order valence-corrected chi connectivity index (χ0v) is 9.78. The summed E-state index contributed by atoms with van der Waals surface area (Å²) < 4.78 is 4.74. The van der Waals surface area contributed by atoms with Gasteiger partial charge in [0.2, 0.25) is 0 Å². The predicted octanol–water partition coefficient (Wildman–Crippen LogP) is 1.77. The third-order valence-corrected chi connectivity index (χ3v) is 3.02. The van der Waals surface area contributed by atoms with E-state index in [2.05, 4.69) is 5.32 Å². The number of carboxylic acid groups (broad SMARTS) is 1. The zero-order chi connectivity index (χ0) is 12.2. The number of hydrogen-bond acceptors (Lipinski definition) is 3. The van der Waals surface area contributed by atoms with Crippen molar-refractivity contribution in [1.82, 2.24) is 5.32 Å². The second-order valence-corrected chi connectivity index (χ2v) is 4.43. The molecule has 0 aliphatic heterocycles. The number of amides is 1. The maximum Gasteiger partial charge on any atom is 0.408 e. The Morgan fingerprint density at radius 3 is 2.75 bits per heavy atom. The van der Waals surface area contributed by atoms with Gasteiger partial charge in [0.05, 0.1) is 6.61 Å². The molecule has 1 aliphatic carbocycles. The Kier molecular flexibility index (Phi) is 4.15. The molecule has 2 atom stereocenters. The van der Waals surface area contributed by atoms with Gasteiger partial charge in [0.1, 0.15) is 5.54 Å². The fourth-order valence-corrected chi connectivity index (χ4v) is 2.28. The lowest BCUT2D eigenvalue weighted by atomic mass is 9.76. The van der Waals surface area contributed by atoms with E-state index in [0.717, 1.165) is 12.8 Å². The van der Waals surface area contributed by atoms with Crippen molar-refractivity contribution in [2.45, 2.75) is 45.1 Å². The molecule has 0 aromatic rings. The standard InChI is InChI=1S/C11H19NO4/c1-3-16-10(15)12-11(9(13)14)6-4-5-8(2)7-11/h8H,3-7H2,1-2H3,(H,12,15)(H,13,14). The third kappa shape index (κ3) is 2.87. The van der Waals surface area contributed by atoms with E-state index in [-0.39, 0.29) is 6.61 Å². The van der Waals surface area contributed by atoms with Crippen molar-refractivity contribution in [1.29, 1.82) is 0 Å². The zero-order valence-electron chi connectivity index (χ0n) is 9.78. The molecule has 1 saturated carbocycles. The van der Waals surface area contributed by atoms with Gasteiger partial charge in [-0.15, -0.1) is 0 Å². The first-order valence-electron chi connectivity index (χ1n) is 5.68. The molecule has 1 rings (SSSR count). The van der Waals surface area contributed by atoms with Gasteiger partial charge in [-0.3, -0.25) is 0 Å². The summed E-state index contributed by atoms with van der Waals surface area (Å²) in [7, 11) is 0. The minimum atomic E-state index is -1.13. The number of carbonyl (C=O) groups is 2. The van der Waals surface area contributed by atoms with Crippen LogP contribution in [0.15, 0.2) is 0 Å². The fraction of sp³-hybridized carbons (Fsp3) is 0.818. The Bertz CT molecular complexity index is 279. The van der Waals surface area contributed by atoms with E-state index in [0.29, 0.717) is 18.8 Å². The van der Waals surface area contributed by atoms with Gasteiger partial charge in [0.15, 0.2) is 0 Å². The van der Waals surface area contributed by atoms with E-state index in [1.54, 1.807) is 6.92 Å². The largest absolute Gasteiger partial charge is 0.480 e. The van der Waals surface area contributed by atoms with E-state index in [4.69, 9.17) is 4.74 Å². The van der Waals surface area contributed by atoms with Gasteiger partial charge in [-0.1, -0.05) is 19.8 Å². The maximum absolute atomic E-state index is 11.3. The highest BCUT2D eigenvalue weighted by atomic mass is 16.5. The summed E-state index contributed by atoms with van der Waals surface area (Å²) in [6.07, 6.45) is 2.14. The van der Waals surface area contributed by atoms with Gasteiger partial charge in [0, 0.05) is 0 Å². The Hall–Kier alpha value is -1.26. The van der Waals surface area contributed by atoms with Gasteiger partial charge in [-0.2, -0.15) is 0 Å². The molecule has 5 nitrogen and oxygen atoms in total. The Morgan fingerprint density at radius 1 is 1.56 bits per heavy atom. The molecule has 0 radical (unpaired) electrons. The van der Waals surface area contributed by atoms with E-state index in [9.17, 15) is 14.7 Å². The molecule has 5 heteroatoms. The van der Waals surface area contributed by atoms with E-state index < -0.39 is 17.6 Å². The molecule has 1 amide bonds. The van der Waals surface area contributed by atoms with Crippen molar-refractivity contribution in [3.8, 4) is 0 Å². The molecule has 0 aromatic carbocycles. The van der Waals surface area contributed by atoms with Crippen LogP contribution < -0.4 is 5.32 Å². The SMILES string of the molecule is CCOC(=O)NC1(C(=O)O)CCCC(C)C1. The van der Waals surface area contributed by atoms with Crippen LogP contribution in [0.5, 0.6) is 0 Å². The number of alkyl carbamates (subject to hydrolysis) is 1. The first kappa shape index (κ1) is 12.8. The molecule has 92 valence electrons. The van der Waals surface area contributed by atoms with Crippen LogP contribution in [0, 0.1) is 5.92 Å². The monoisotopic (exact) mass is 229 g/mol. The molecule has 1 aliphatic rings. The van der Waals surface area contributed by atoms with Crippen LogP contribution in [0.2, 0.25) is 0 Å². The lowest BCUT2D eigenvalue weighted by molar-refractivity contribution is -0.146. The predicted molar refractivity (Wildman–Crippen MR) is 58.2 cm³/mol. The molecule has 0 bridgehead atoms. The summed E-state index contributed by atoms with van der Waals surface area (Å²) in [5, 5.41) is 11.8. The molecule has 2 N–H and O–H groups in total. The smallest absolute Gasteiger partial charge is 0.408 e. The van der Waals surface area contributed by atoms with Crippen LogP contribution >= 0.6 is 0 Å². The quantitative estimate of drug-likeness (QED) is 0.773. The second kappa shape index (κ2) is 5.18. The van der Waals surface area contributed by atoms with Gasteiger partial charge < -0.3 is 15.2 Å². The molecule has 1 fully saturated rings. The topological polar surface area (TPSA) is 75.6 Å². The molecule has 0 heterocycles. The van der Waals surface area contributed by atoms with E-state index in [1.165, 1.54) is 0 Å². The number of aliphatic carboxylic acids is 1. The van der Waals surface area contributed by atoms with Crippen molar-refractivity contribution in [3.63, 3.8) is 0 Å². The van der Waals surface area contributed by atoms with Crippen LogP contribution in [-0.2, 0) is 9.53 Å². The van der Waals surface area contributed by atoms with E-state index in [1.807, 2.05) is 6.92 Å². The number of rotatable bonds is 3. The molecule has 0 aromatic heterocycles. The molecular weight excluding hydrogens is 210 g/mol. The first-order valence-corrected chi connectivity index (χ1v) is 5.68. The molecular formula is C11H19NO4. The van der Waals surface area contributed by atoms with E-state index >= 15 is 0 Å². The van der Waals surface area contributed by atoms with Gasteiger partial charge in [-0.25, -0.2) is 9.59 Å². The molecule has 16 heavy (non-hydrogen) atoms. The number of carbonyl (C=O) groups excluding carboxylic acids is 1. The second-order valence-electron chi connectivity index (χ2n) is 4.43. The van der Waals surface area contributed by atoms with Crippen LogP contribution in [0.4, 0.5) is 4.79 Å².